The Morgan fingerprint density at radius 2 is 1.61 bits per heavy atom. The number of hydrogen-bond acceptors (Lipinski definition) is 3. The fourth-order valence-electron chi connectivity index (χ4n) is 3.11. The summed E-state index contributed by atoms with van der Waals surface area (Å²) in [6.07, 6.45) is 0.443. The number of nitrogens with one attached hydrogen (secondary N) is 2. The highest BCUT2D eigenvalue weighted by atomic mass is 35.5. The van der Waals surface area contributed by atoms with E-state index in [1.807, 2.05) is 32.9 Å². The van der Waals surface area contributed by atoms with Crippen molar-refractivity contribution in [2.24, 2.45) is 5.92 Å². The highest BCUT2D eigenvalue weighted by Crippen LogP contribution is 2.29. The zero-order chi connectivity index (χ0) is 23.1. The first kappa shape index (κ1) is 24.7. The summed E-state index contributed by atoms with van der Waals surface area (Å²) < 4.78 is 0. The molecule has 0 aromatic heterocycles. The fourth-order valence-corrected chi connectivity index (χ4v) is 3.60. The van der Waals surface area contributed by atoms with Gasteiger partial charge in [-0.05, 0) is 43.0 Å². The molecule has 166 valence electrons. The summed E-state index contributed by atoms with van der Waals surface area (Å²) in [5.74, 6) is -0.955. The molecule has 0 aliphatic rings. The summed E-state index contributed by atoms with van der Waals surface area (Å²) in [6, 6.07) is 11.3. The average Bonchev–Trinajstić information content (AvgIpc) is 2.69. The van der Waals surface area contributed by atoms with Crippen LogP contribution in [-0.2, 0) is 9.59 Å². The van der Waals surface area contributed by atoms with Crippen LogP contribution in [0, 0.1) is 12.8 Å². The first-order valence-electron chi connectivity index (χ1n) is 9.95. The van der Waals surface area contributed by atoms with Crippen LogP contribution in [0.3, 0.4) is 0 Å². The van der Waals surface area contributed by atoms with E-state index >= 15 is 0 Å². The summed E-state index contributed by atoms with van der Waals surface area (Å²) in [5, 5.41) is 6.06. The van der Waals surface area contributed by atoms with Crippen molar-refractivity contribution >= 4 is 46.6 Å². The molecule has 1 unspecified atom stereocenters. The molecule has 0 saturated heterocycles. The van der Waals surface area contributed by atoms with Crippen molar-refractivity contribution in [2.75, 3.05) is 18.9 Å². The quantitative estimate of drug-likeness (QED) is 0.602. The molecule has 1 atom stereocenters. The standard InChI is InChI=1S/C23H27Cl2N3O3/c1-14(2)12-19(26-22(30)16-9-6-5-8-15(16)3)23(31)28(4)13-20(29)27-21-17(24)10-7-11-18(21)25/h5-11,14,19H,12-13H2,1-4H3,(H,26,30)(H,27,29). The third kappa shape index (κ3) is 6.97. The Morgan fingerprint density at radius 3 is 2.19 bits per heavy atom. The van der Waals surface area contributed by atoms with Gasteiger partial charge in [0, 0.05) is 12.6 Å². The molecule has 0 saturated carbocycles. The van der Waals surface area contributed by atoms with Gasteiger partial charge >= 0.3 is 0 Å². The first-order valence-corrected chi connectivity index (χ1v) is 10.7. The minimum Gasteiger partial charge on any atom is -0.340 e. The maximum Gasteiger partial charge on any atom is 0.252 e. The van der Waals surface area contributed by atoms with Crippen LogP contribution in [0.2, 0.25) is 10.0 Å². The van der Waals surface area contributed by atoms with Crippen molar-refractivity contribution in [3.63, 3.8) is 0 Å². The van der Waals surface area contributed by atoms with E-state index < -0.39 is 11.9 Å². The van der Waals surface area contributed by atoms with Gasteiger partial charge in [0.2, 0.25) is 11.8 Å². The number of rotatable bonds is 8. The lowest BCUT2D eigenvalue weighted by atomic mass is 10.0. The molecule has 0 heterocycles. The number of benzene rings is 2. The number of likely N-dealkylation sites (N-methyl/N-ethyl adjacent to an activating group) is 1. The molecule has 3 amide bonds. The van der Waals surface area contributed by atoms with E-state index in [-0.39, 0.29) is 24.3 Å². The van der Waals surface area contributed by atoms with Crippen molar-refractivity contribution in [2.45, 2.75) is 33.2 Å². The Kier molecular flexibility index (Phi) is 8.89. The molecule has 8 heteroatoms. The van der Waals surface area contributed by atoms with Crippen LogP contribution in [0.1, 0.15) is 36.2 Å². The van der Waals surface area contributed by atoms with E-state index in [1.165, 1.54) is 11.9 Å². The van der Waals surface area contributed by atoms with Crippen molar-refractivity contribution in [1.29, 1.82) is 0 Å². The maximum absolute atomic E-state index is 13.0. The topological polar surface area (TPSA) is 78.5 Å². The van der Waals surface area contributed by atoms with E-state index in [4.69, 9.17) is 23.2 Å². The number of halogens is 2. The zero-order valence-electron chi connectivity index (χ0n) is 18.0. The van der Waals surface area contributed by atoms with Gasteiger partial charge in [-0.3, -0.25) is 14.4 Å². The number of aryl methyl sites for hydroxylation is 1. The highest BCUT2D eigenvalue weighted by Gasteiger charge is 2.27. The molecule has 2 N–H and O–H groups in total. The molecule has 0 spiro atoms. The Balaban J connectivity index is 2.08. The number of carbonyl (C=O) groups excluding carboxylic acids is 3. The minimum absolute atomic E-state index is 0.162. The summed E-state index contributed by atoms with van der Waals surface area (Å²) in [6.45, 7) is 5.55. The molecule has 2 rings (SSSR count). The second-order valence-electron chi connectivity index (χ2n) is 7.81. The lowest BCUT2D eigenvalue weighted by Crippen LogP contribution is -2.49. The van der Waals surface area contributed by atoms with Crippen LogP contribution in [0.25, 0.3) is 0 Å². The van der Waals surface area contributed by atoms with Crippen LogP contribution in [0.5, 0.6) is 0 Å². The predicted octanol–water partition coefficient (Wildman–Crippen LogP) is 4.54. The van der Waals surface area contributed by atoms with Gasteiger partial charge in [0.05, 0.1) is 22.3 Å². The Hall–Kier alpha value is -2.57. The normalized spacial score (nSPS) is 11.7. The van der Waals surface area contributed by atoms with Crippen LogP contribution >= 0.6 is 23.2 Å². The number of anilines is 1. The molecule has 2 aromatic rings. The van der Waals surface area contributed by atoms with Crippen LogP contribution in [-0.4, -0.2) is 42.3 Å². The van der Waals surface area contributed by atoms with Crippen molar-refractivity contribution < 1.29 is 14.4 Å². The molecule has 0 bridgehead atoms. The highest BCUT2D eigenvalue weighted by molar-refractivity contribution is 6.39. The maximum atomic E-state index is 13.0. The smallest absolute Gasteiger partial charge is 0.252 e. The molecule has 0 aliphatic heterocycles. The molecular weight excluding hydrogens is 437 g/mol. The van der Waals surface area contributed by atoms with E-state index in [9.17, 15) is 14.4 Å². The second kappa shape index (κ2) is 11.2. The third-order valence-electron chi connectivity index (χ3n) is 4.68. The van der Waals surface area contributed by atoms with Crippen molar-refractivity contribution in [1.82, 2.24) is 10.2 Å². The van der Waals surface area contributed by atoms with Gasteiger partial charge in [-0.1, -0.05) is 61.3 Å². The minimum atomic E-state index is -0.756. The summed E-state index contributed by atoms with van der Waals surface area (Å²) in [7, 11) is 1.52. The van der Waals surface area contributed by atoms with Gasteiger partial charge in [0.25, 0.3) is 5.91 Å². The number of carbonyl (C=O) groups is 3. The van der Waals surface area contributed by atoms with Crippen LogP contribution < -0.4 is 10.6 Å². The summed E-state index contributed by atoms with van der Waals surface area (Å²) in [5.41, 5.74) is 1.63. The molecule has 0 radical (unpaired) electrons. The Labute approximate surface area is 192 Å². The van der Waals surface area contributed by atoms with Crippen molar-refractivity contribution in [3.05, 3.63) is 63.6 Å². The summed E-state index contributed by atoms with van der Waals surface area (Å²) in [4.78, 5) is 39.5. The summed E-state index contributed by atoms with van der Waals surface area (Å²) >= 11 is 12.2. The lowest BCUT2D eigenvalue weighted by Gasteiger charge is -2.26. The molecule has 2 aromatic carbocycles. The monoisotopic (exact) mass is 463 g/mol. The molecule has 6 nitrogen and oxygen atoms in total. The van der Waals surface area contributed by atoms with Gasteiger partial charge in [0.15, 0.2) is 0 Å². The molecule has 0 fully saturated rings. The zero-order valence-corrected chi connectivity index (χ0v) is 19.6. The molecule has 31 heavy (non-hydrogen) atoms. The van der Waals surface area contributed by atoms with Crippen LogP contribution in [0.15, 0.2) is 42.5 Å². The van der Waals surface area contributed by atoms with Gasteiger partial charge in [-0.15, -0.1) is 0 Å². The fraction of sp³-hybridized carbons (Fsp3) is 0.348. The van der Waals surface area contributed by atoms with Gasteiger partial charge < -0.3 is 15.5 Å². The third-order valence-corrected chi connectivity index (χ3v) is 5.31. The van der Waals surface area contributed by atoms with Gasteiger partial charge in [-0.2, -0.15) is 0 Å². The largest absolute Gasteiger partial charge is 0.340 e. The van der Waals surface area contributed by atoms with E-state index in [0.29, 0.717) is 27.7 Å². The van der Waals surface area contributed by atoms with E-state index in [0.717, 1.165) is 5.56 Å². The Morgan fingerprint density at radius 1 is 1.00 bits per heavy atom. The predicted molar refractivity (Wildman–Crippen MR) is 125 cm³/mol. The number of hydrogen-bond donors (Lipinski definition) is 2. The SMILES string of the molecule is Cc1ccccc1C(=O)NC(CC(C)C)C(=O)N(C)CC(=O)Nc1c(Cl)cccc1Cl. The van der Waals surface area contributed by atoms with E-state index in [1.54, 1.807) is 30.3 Å². The first-order chi connectivity index (χ1) is 14.6. The van der Waals surface area contributed by atoms with Crippen LogP contribution in [0.4, 0.5) is 5.69 Å². The van der Waals surface area contributed by atoms with E-state index in [2.05, 4.69) is 10.6 Å². The van der Waals surface area contributed by atoms with Gasteiger partial charge in [0.1, 0.15) is 6.04 Å². The molecular formula is C23H27Cl2N3O3. The van der Waals surface area contributed by atoms with Crippen molar-refractivity contribution in [3.8, 4) is 0 Å². The average molecular weight is 464 g/mol. The number of nitrogens with zero attached hydrogens (tertiary/aromatic N) is 1. The molecule has 0 aliphatic carbocycles. The Bertz CT molecular complexity index is 943. The lowest BCUT2D eigenvalue weighted by molar-refractivity contribution is -0.135. The number of amides is 3. The van der Waals surface area contributed by atoms with Gasteiger partial charge in [-0.25, -0.2) is 0 Å². The number of para-hydroxylation sites is 1. The second-order valence-corrected chi connectivity index (χ2v) is 8.62.